The molecule has 0 unspecified atom stereocenters. The van der Waals surface area contributed by atoms with Gasteiger partial charge in [-0.05, 0) is 13.1 Å². The van der Waals surface area contributed by atoms with Gasteiger partial charge >= 0.3 is 5.97 Å². The van der Waals surface area contributed by atoms with Crippen LogP contribution in [0, 0.1) is 0 Å². The Morgan fingerprint density at radius 1 is 1.73 bits per heavy atom. The van der Waals surface area contributed by atoms with Crippen LogP contribution in [0.2, 0.25) is 5.15 Å². The minimum atomic E-state index is -1.01. The number of likely N-dealkylation sites (N-methyl/N-ethyl adjacent to an activating group) is 1. The maximum Gasteiger partial charge on any atom is 0.336 e. The Hall–Kier alpha value is -1.39. The van der Waals surface area contributed by atoms with E-state index < -0.39 is 5.97 Å². The number of pyridine rings is 1. The van der Waals surface area contributed by atoms with E-state index in [2.05, 4.69) is 10.3 Å². The quantitative estimate of drug-likeness (QED) is 0.767. The molecule has 1 aromatic heterocycles. The van der Waals surface area contributed by atoms with Crippen LogP contribution in [0.5, 0.6) is 0 Å². The van der Waals surface area contributed by atoms with Gasteiger partial charge in [-0.3, -0.25) is 0 Å². The van der Waals surface area contributed by atoms with Crippen molar-refractivity contribution >= 4 is 23.6 Å². The number of hydrogen-bond acceptors (Lipinski definition) is 3. The Morgan fingerprint density at radius 2 is 2.47 bits per heavy atom. The molecule has 1 rings (SSSR count). The molecule has 4 nitrogen and oxygen atoms in total. The second-order valence-corrected chi connectivity index (χ2v) is 3.25. The molecule has 0 aliphatic rings. The Labute approximate surface area is 92.6 Å². The number of hydrogen-bond donors (Lipinski definition) is 2. The Morgan fingerprint density at radius 3 is 3.07 bits per heavy atom. The summed E-state index contributed by atoms with van der Waals surface area (Å²) in [6.45, 7) is 0.668. The highest BCUT2D eigenvalue weighted by molar-refractivity contribution is 6.29. The standard InChI is InChI=1S/C10H11ClN2O2/c1-12-4-2-3-7-6-13-9(11)5-8(7)10(14)15/h2-3,5-6,12H,4H2,1H3,(H,14,15). The molecule has 0 aromatic carbocycles. The topological polar surface area (TPSA) is 62.2 Å². The van der Waals surface area contributed by atoms with Crippen LogP contribution in [0.15, 0.2) is 18.3 Å². The number of carboxylic acids is 1. The maximum absolute atomic E-state index is 10.9. The van der Waals surface area contributed by atoms with Gasteiger partial charge in [0.2, 0.25) is 0 Å². The molecule has 0 radical (unpaired) electrons. The number of aromatic carboxylic acids is 1. The first-order chi connectivity index (χ1) is 7.15. The summed E-state index contributed by atoms with van der Waals surface area (Å²) in [5, 5.41) is 12.0. The van der Waals surface area contributed by atoms with E-state index in [1.165, 1.54) is 12.3 Å². The largest absolute Gasteiger partial charge is 0.478 e. The summed E-state index contributed by atoms with van der Waals surface area (Å²) in [6, 6.07) is 1.34. The molecular weight excluding hydrogens is 216 g/mol. The zero-order valence-electron chi connectivity index (χ0n) is 8.20. The number of aromatic nitrogens is 1. The molecule has 0 atom stereocenters. The van der Waals surface area contributed by atoms with Crippen LogP contribution in [-0.2, 0) is 0 Å². The number of carbonyl (C=O) groups is 1. The minimum absolute atomic E-state index is 0.155. The lowest BCUT2D eigenvalue weighted by atomic mass is 10.1. The molecule has 1 heterocycles. The van der Waals surface area contributed by atoms with Crippen LogP contribution >= 0.6 is 11.6 Å². The van der Waals surface area contributed by atoms with E-state index in [0.717, 1.165) is 0 Å². The Kier molecular flexibility index (Phi) is 4.27. The molecule has 2 N–H and O–H groups in total. The molecule has 0 amide bonds. The SMILES string of the molecule is CNCC=Cc1cnc(Cl)cc1C(=O)O. The van der Waals surface area contributed by atoms with Crippen molar-refractivity contribution in [2.75, 3.05) is 13.6 Å². The third-order valence-electron chi connectivity index (χ3n) is 1.75. The summed E-state index contributed by atoms with van der Waals surface area (Å²) < 4.78 is 0. The second-order valence-electron chi connectivity index (χ2n) is 2.86. The maximum atomic E-state index is 10.9. The monoisotopic (exact) mass is 226 g/mol. The molecule has 0 spiro atoms. The molecule has 15 heavy (non-hydrogen) atoms. The van der Waals surface area contributed by atoms with Crippen LogP contribution in [0.1, 0.15) is 15.9 Å². The lowest BCUT2D eigenvalue weighted by molar-refractivity contribution is 0.0696. The summed E-state index contributed by atoms with van der Waals surface area (Å²) in [5.74, 6) is -1.01. The Bertz CT molecular complexity index is 391. The molecule has 0 saturated carbocycles. The van der Waals surface area contributed by atoms with Crippen LogP contribution < -0.4 is 5.32 Å². The smallest absolute Gasteiger partial charge is 0.336 e. The third kappa shape index (κ3) is 3.34. The molecule has 1 aromatic rings. The fourth-order valence-electron chi connectivity index (χ4n) is 1.06. The number of nitrogens with one attached hydrogen (secondary N) is 1. The summed E-state index contributed by atoms with van der Waals surface area (Å²) in [6.07, 6.45) is 4.96. The third-order valence-corrected chi connectivity index (χ3v) is 1.96. The zero-order valence-corrected chi connectivity index (χ0v) is 8.95. The molecule has 0 aliphatic carbocycles. The number of carboxylic acid groups (broad SMARTS) is 1. The number of halogens is 1. The Balaban J connectivity index is 3.01. The normalized spacial score (nSPS) is 10.8. The van der Waals surface area contributed by atoms with Crippen LogP contribution in [0.3, 0.4) is 0 Å². The first-order valence-corrected chi connectivity index (χ1v) is 4.73. The number of nitrogens with zero attached hydrogens (tertiary/aromatic N) is 1. The first-order valence-electron chi connectivity index (χ1n) is 4.35. The fourth-order valence-corrected chi connectivity index (χ4v) is 1.22. The first kappa shape index (κ1) is 11.7. The van der Waals surface area contributed by atoms with Crippen molar-refractivity contribution in [1.82, 2.24) is 10.3 Å². The van der Waals surface area contributed by atoms with Crippen LogP contribution in [0.4, 0.5) is 0 Å². The van der Waals surface area contributed by atoms with Gasteiger partial charge in [-0.1, -0.05) is 23.8 Å². The highest BCUT2D eigenvalue weighted by atomic mass is 35.5. The van der Waals surface area contributed by atoms with E-state index in [1.54, 1.807) is 6.08 Å². The van der Waals surface area contributed by atoms with Gasteiger partial charge in [-0.15, -0.1) is 0 Å². The fraction of sp³-hybridized carbons (Fsp3) is 0.200. The van der Waals surface area contributed by atoms with Gasteiger partial charge in [0, 0.05) is 18.3 Å². The van der Waals surface area contributed by atoms with Crippen LogP contribution in [-0.4, -0.2) is 29.7 Å². The summed E-state index contributed by atoms with van der Waals surface area (Å²) >= 11 is 5.61. The zero-order chi connectivity index (χ0) is 11.3. The van der Waals surface area contributed by atoms with Gasteiger partial charge in [0.1, 0.15) is 5.15 Å². The number of rotatable bonds is 4. The van der Waals surface area contributed by atoms with E-state index in [1.807, 2.05) is 13.1 Å². The van der Waals surface area contributed by atoms with Crippen molar-refractivity contribution in [2.24, 2.45) is 0 Å². The molecule has 0 fully saturated rings. The van der Waals surface area contributed by atoms with E-state index in [0.29, 0.717) is 12.1 Å². The van der Waals surface area contributed by atoms with Crippen molar-refractivity contribution in [2.45, 2.75) is 0 Å². The van der Waals surface area contributed by atoms with E-state index in [-0.39, 0.29) is 10.7 Å². The van der Waals surface area contributed by atoms with E-state index >= 15 is 0 Å². The van der Waals surface area contributed by atoms with E-state index in [9.17, 15) is 4.79 Å². The van der Waals surface area contributed by atoms with Crippen LogP contribution in [0.25, 0.3) is 6.08 Å². The molecule has 5 heteroatoms. The van der Waals surface area contributed by atoms with Crippen molar-refractivity contribution in [1.29, 1.82) is 0 Å². The predicted molar refractivity (Wildman–Crippen MR) is 59.2 cm³/mol. The van der Waals surface area contributed by atoms with Gasteiger partial charge in [0.25, 0.3) is 0 Å². The highest BCUT2D eigenvalue weighted by Gasteiger charge is 2.08. The molecule has 0 bridgehead atoms. The van der Waals surface area contributed by atoms with Gasteiger partial charge in [-0.25, -0.2) is 9.78 Å². The van der Waals surface area contributed by atoms with Gasteiger partial charge in [-0.2, -0.15) is 0 Å². The predicted octanol–water partition coefficient (Wildman–Crippen LogP) is 1.67. The molecular formula is C10H11ClN2O2. The highest BCUT2D eigenvalue weighted by Crippen LogP contribution is 2.14. The van der Waals surface area contributed by atoms with Gasteiger partial charge in [0.15, 0.2) is 0 Å². The van der Waals surface area contributed by atoms with Gasteiger partial charge in [0.05, 0.1) is 5.56 Å². The average Bonchev–Trinajstić information content (AvgIpc) is 2.20. The minimum Gasteiger partial charge on any atom is -0.478 e. The van der Waals surface area contributed by atoms with Crippen molar-refractivity contribution in [3.8, 4) is 0 Å². The second kappa shape index (κ2) is 5.48. The summed E-state index contributed by atoms with van der Waals surface area (Å²) in [7, 11) is 1.81. The molecule has 0 saturated heterocycles. The van der Waals surface area contributed by atoms with Crippen molar-refractivity contribution in [3.63, 3.8) is 0 Å². The average molecular weight is 227 g/mol. The lowest BCUT2D eigenvalue weighted by Gasteiger charge is -2.00. The lowest BCUT2D eigenvalue weighted by Crippen LogP contribution is -2.04. The summed E-state index contributed by atoms with van der Waals surface area (Å²) in [4.78, 5) is 14.7. The van der Waals surface area contributed by atoms with E-state index in [4.69, 9.17) is 16.7 Å². The van der Waals surface area contributed by atoms with Gasteiger partial charge < -0.3 is 10.4 Å². The van der Waals surface area contributed by atoms with Crippen molar-refractivity contribution in [3.05, 3.63) is 34.6 Å². The molecule has 0 aliphatic heterocycles. The molecule has 80 valence electrons. The summed E-state index contributed by atoms with van der Waals surface area (Å²) in [5.41, 5.74) is 0.699. The van der Waals surface area contributed by atoms with Crippen molar-refractivity contribution < 1.29 is 9.90 Å².